The molecule has 11 heteroatoms. The average molecular weight is 465 g/mol. The summed E-state index contributed by atoms with van der Waals surface area (Å²) in [6.07, 6.45) is 3.02. The van der Waals surface area contributed by atoms with E-state index in [9.17, 15) is 18.0 Å². The molecule has 4 aromatic heterocycles. The second-order valence-electron chi connectivity index (χ2n) is 7.64. The molecule has 0 atom stereocenters. The van der Waals surface area contributed by atoms with Crippen LogP contribution in [-0.2, 0) is 19.3 Å². The Bertz CT molecular complexity index is 1630. The molecule has 0 aliphatic heterocycles. The molecule has 0 radical (unpaired) electrons. The fourth-order valence-electron chi connectivity index (χ4n) is 3.70. The molecular formula is C23H18F3N7O. The summed E-state index contributed by atoms with van der Waals surface area (Å²) in [7, 11) is 0. The van der Waals surface area contributed by atoms with E-state index in [1.54, 1.807) is 38.4 Å². The molecule has 1 aromatic carbocycles. The molecule has 5 aromatic rings. The van der Waals surface area contributed by atoms with Crippen molar-refractivity contribution in [1.82, 2.24) is 33.7 Å². The zero-order valence-corrected chi connectivity index (χ0v) is 18.0. The molecule has 0 saturated heterocycles. The highest BCUT2D eigenvalue weighted by Crippen LogP contribution is 2.29. The van der Waals surface area contributed by atoms with E-state index in [1.165, 1.54) is 12.1 Å². The Hall–Kier alpha value is -4.33. The molecule has 34 heavy (non-hydrogen) atoms. The first-order chi connectivity index (χ1) is 16.3. The Kier molecular flexibility index (Phi) is 5.20. The van der Waals surface area contributed by atoms with Crippen molar-refractivity contribution in [2.45, 2.75) is 32.6 Å². The number of hydrogen-bond acceptors (Lipinski definition) is 4. The number of halogens is 3. The molecule has 172 valence electrons. The molecule has 0 fully saturated rings. The predicted octanol–water partition coefficient (Wildman–Crippen LogP) is 3.72. The molecule has 5 rings (SSSR count). The third-order valence-corrected chi connectivity index (χ3v) is 5.25. The molecule has 0 aliphatic carbocycles. The van der Waals surface area contributed by atoms with Gasteiger partial charge in [0.2, 0.25) is 5.78 Å². The summed E-state index contributed by atoms with van der Waals surface area (Å²) in [5, 5.41) is 4.24. The second kappa shape index (κ2) is 8.22. The van der Waals surface area contributed by atoms with Crippen LogP contribution in [0, 0.1) is 11.8 Å². The number of H-pyrrole nitrogens is 1. The fraction of sp³-hybridized carbons (Fsp3) is 0.217. The van der Waals surface area contributed by atoms with Crippen LogP contribution in [0.5, 0.6) is 0 Å². The average Bonchev–Trinajstić information content (AvgIpc) is 3.55. The van der Waals surface area contributed by atoms with Crippen molar-refractivity contribution in [2.24, 2.45) is 0 Å². The van der Waals surface area contributed by atoms with Crippen LogP contribution < -0.4 is 5.56 Å². The lowest BCUT2D eigenvalue weighted by atomic mass is 10.1. The maximum atomic E-state index is 13.0. The number of nitrogens with zero attached hydrogens (tertiary/aromatic N) is 6. The zero-order valence-electron chi connectivity index (χ0n) is 18.0. The topological polar surface area (TPSA) is 85.8 Å². The monoisotopic (exact) mass is 465 g/mol. The van der Waals surface area contributed by atoms with Gasteiger partial charge in [0.25, 0.3) is 5.56 Å². The molecular weight excluding hydrogens is 447 g/mol. The predicted molar refractivity (Wildman–Crippen MR) is 119 cm³/mol. The molecule has 8 nitrogen and oxygen atoms in total. The maximum absolute atomic E-state index is 13.0. The first kappa shape index (κ1) is 21.5. The molecule has 0 unspecified atom stereocenters. The van der Waals surface area contributed by atoms with Crippen molar-refractivity contribution >= 4 is 16.9 Å². The minimum Gasteiger partial charge on any atom is -0.332 e. The highest BCUT2D eigenvalue weighted by atomic mass is 19.4. The zero-order chi connectivity index (χ0) is 23.9. The lowest BCUT2D eigenvalue weighted by Gasteiger charge is -2.05. The molecule has 0 spiro atoms. The lowest BCUT2D eigenvalue weighted by molar-refractivity contribution is -0.137. The smallest absolute Gasteiger partial charge is 0.332 e. The van der Waals surface area contributed by atoms with Crippen LogP contribution in [0.3, 0.4) is 0 Å². The highest BCUT2D eigenvalue weighted by molar-refractivity contribution is 5.77. The van der Waals surface area contributed by atoms with E-state index < -0.39 is 11.7 Å². The van der Waals surface area contributed by atoms with Gasteiger partial charge >= 0.3 is 6.18 Å². The van der Waals surface area contributed by atoms with E-state index in [0.717, 1.165) is 18.6 Å². The molecule has 4 heterocycles. The van der Waals surface area contributed by atoms with Gasteiger partial charge in [0.1, 0.15) is 12.4 Å². The van der Waals surface area contributed by atoms with Gasteiger partial charge in [-0.05, 0) is 24.6 Å². The van der Waals surface area contributed by atoms with Gasteiger partial charge in [-0.2, -0.15) is 18.3 Å². The van der Waals surface area contributed by atoms with Crippen LogP contribution >= 0.6 is 0 Å². The lowest BCUT2D eigenvalue weighted by Crippen LogP contribution is -2.23. The summed E-state index contributed by atoms with van der Waals surface area (Å²) in [5.41, 5.74) is 0.811. The number of aryl methyl sites for hydroxylation is 1. The van der Waals surface area contributed by atoms with E-state index in [2.05, 4.69) is 31.9 Å². The highest BCUT2D eigenvalue weighted by Gasteiger charge is 2.30. The number of benzene rings is 1. The number of imidazole rings is 2. The van der Waals surface area contributed by atoms with Gasteiger partial charge in [-0.1, -0.05) is 24.8 Å². The number of alkyl halides is 3. The van der Waals surface area contributed by atoms with E-state index in [1.807, 2.05) is 6.92 Å². The summed E-state index contributed by atoms with van der Waals surface area (Å²) in [6, 6.07) is 4.87. The van der Waals surface area contributed by atoms with Crippen LogP contribution in [0.1, 0.15) is 24.5 Å². The Labute approximate surface area is 190 Å². The largest absolute Gasteiger partial charge is 0.416 e. The Morgan fingerprint density at radius 3 is 2.88 bits per heavy atom. The van der Waals surface area contributed by atoms with Gasteiger partial charge in [-0.15, -0.1) is 0 Å². The first-order valence-electron chi connectivity index (χ1n) is 10.5. The summed E-state index contributed by atoms with van der Waals surface area (Å²) in [6.45, 7) is 2.69. The van der Waals surface area contributed by atoms with Gasteiger partial charge in [0.15, 0.2) is 11.2 Å². The number of aromatic nitrogens is 7. The van der Waals surface area contributed by atoms with Gasteiger partial charge < -0.3 is 4.98 Å². The van der Waals surface area contributed by atoms with Gasteiger partial charge in [0, 0.05) is 30.7 Å². The summed E-state index contributed by atoms with van der Waals surface area (Å²) < 4.78 is 43.5. The third-order valence-electron chi connectivity index (χ3n) is 5.25. The van der Waals surface area contributed by atoms with Crippen LogP contribution in [0.25, 0.3) is 28.3 Å². The number of rotatable bonds is 4. The standard InChI is InChI=1S/C23H18F3N7O/c1-2-9-33-21(34)18-20(32-11-8-27-22(32)33)30-19(29-18)16-13-28-31(14-16)10-4-6-15-5-3-7-17(12-15)23(24,25)26/h3,5,7-8,11-14H,2,9-10H2,1H3,(H,29,30). The Morgan fingerprint density at radius 1 is 1.24 bits per heavy atom. The Balaban J connectivity index is 1.43. The van der Waals surface area contributed by atoms with Crippen molar-refractivity contribution in [3.8, 4) is 23.2 Å². The molecule has 0 saturated carbocycles. The van der Waals surface area contributed by atoms with Gasteiger partial charge in [-0.25, -0.2) is 9.97 Å². The van der Waals surface area contributed by atoms with Crippen molar-refractivity contribution in [3.05, 3.63) is 70.5 Å². The van der Waals surface area contributed by atoms with E-state index >= 15 is 0 Å². The van der Waals surface area contributed by atoms with Crippen molar-refractivity contribution in [3.63, 3.8) is 0 Å². The number of hydrogen-bond donors (Lipinski definition) is 1. The molecule has 1 N–H and O–H groups in total. The second-order valence-corrected chi connectivity index (χ2v) is 7.64. The molecule has 0 aliphatic rings. The summed E-state index contributed by atoms with van der Waals surface area (Å²) >= 11 is 0. The van der Waals surface area contributed by atoms with E-state index in [4.69, 9.17) is 0 Å². The Morgan fingerprint density at radius 2 is 2.09 bits per heavy atom. The van der Waals surface area contributed by atoms with Crippen molar-refractivity contribution in [2.75, 3.05) is 0 Å². The number of nitrogens with one attached hydrogen (secondary N) is 1. The molecule has 0 bridgehead atoms. The number of fused-ring (bicyclic) bond motifs is 3. The minimum atomic E-state index is -4.41. The number of aromatic amines is 1. The van der Waals surface area contributed by atoms with Crippen LogP contribution in [0.4, 0.5) is 13.2 Å². The molecule has 0 amide bonds. The maximum Gasteiger partial charge on any atom is 0.416 e. The summed E-state index contributed by atoms with van der Waals surface area (Å²) in [4.78, 5) is 24.9. The SMILES string of the molecule is CCCn1c(=O)c2[nH]c(-c3cnn(CC#Cc4cccc(C(F)(F)F)c4)c3)nc2n2ccnc12. The summed E-state index contributed by atoms with van der Waals surface area (Å²) in [5.74, 6) is 6.55. The normalized spacial score (nSPS) is 11.8. The van der Waals surface area contributed by atoms with Crippen LogP contribution in [0.15, 0.2) is 53.8 Å². The first-order valence-corrected chi connectivity index (χ1v) is 10.5. The fourth-order valence-corrected chi connectivity index (χ4v) is 3.70. The van der Waals surface area contributed by atoms with Crippen molar-refractivity contribution < 1.29 is 13.2 Å². The third kappa shape index (κ3) is 3.83. The van der Waals surface area contributed by atoms with E-state index in [-0.39, 0.29) is 17.7 Å². The van der Waals surface area contributed by atoms with Crippen LogP contribution in [-0.4, -0.2) is 33.7 Å². The van der Waals surface area contributed by atoms with Gasteiger partial charge in [0.05, 0.1) is 17.3 Å². The van der Waals surface area contributed by atoms with Crippen molar-refractivity contribution in [1.29, 1.82) is 0 Å². The quantitative estimate of drug-likeness (QED) is 0.410. The van der Waals surface area contributed by atoms with Crippen LogP contribution in [0.2, 0.25) is 0 Å². The minimum absolute atomic E-state index is 0.172. The van der Waals surface area contributed by atoms with Gasteiger partial charge in [-0.3, -0.25) is 18.4 Å². The van der Waals surface area contributed by atoms with E-state index in [0.29, 0.717) is 34.9 Å².